The third-order valence-electron chi connectivity index (χ3n) is 6.83. The van der Waals surface area contributed by atoms with E-state index in [1.54, 1.807) is 24.3 Å². The van der Waals surface area contributed by atoms with Crippen molar-refractivity contribution in [3.8, 4) is 23.7 Å². The van der Waals surface area contributed by atoms with Gasteiger partial charge < -0.3 is 0 Å². The molecular formula is C32H26O2. The number of rotatable bonds is 2. The maximum absolute atomic E-state index is 13.0. The monoisotopic (exact) mass is 442 g/mol. The maximum atomic E-state index is 13.0. The number of fused-ring (bicyclic) bond motifs is 2. The van der Waals surface area contributed by atoms with E-state index in [1.165, 1.54) is 35.1 Å². The predicted octanol–water partition coefficient (Wildman–Crippen LogP) is 5.91. The van der Waals surface area contributed by atoms with E-state index in [0.717, 1.165) is 49.7 Å². The van der Waals surface area contributed by atoms with Crippen molar-refractivity contribution in [3.63, 3.8) is 0 Å². The standard InChI is InChI=1S/C32H26O2/c33-31(21-19-25-13-7-11-23-9-1-3-15-27(23)25)29-17-5-6-18-30(29)32(34)22-20-26-14-8-12-24-10-2-4-16-28(24)26/h5-8,11-14,17-18H,1-4,9-10,15-16H2. The van der Waals surface area contributed by atoms with Gasteiger partial charge in [0.25, 0.3) is 0 Å². The average molecular weight is 443 g/mol. The Morgan fingerprint density at radius 2 is 0.971 bits per heavy atom. The second-order valence-corrected chi connectivity index (χ2v) is 9.00. The SMILES string of the molecule is O=C(C#Cc1cccc2c1CCCC2)c1ccccc1C(=O)C#Cc1cccc2c1CCCC2. The minimum atomic E-state index is -0.351. The van der Waals surface area contributed by atoms with Crippen LogP contribution in [0.4, 0.5) is 0 Å². The number of benzene rings is 3. The highest BCUT2D eigenvalue weighted by molar-refractivity contribution is 6.20. The van der Waals surface area contributed by atoms with Gasteiger partial charge in [-0.2, -0.15) is 0 Å². The molecule has 0 radical (unpaired) electrons. The average Bonchev–Trinajstić information content (AvgIpc) is 2.90. The molecule has 0 saturated carbocycles. The van der Waals surface area contributed by atoms with Crippen molar-refractivity contribution < 1.29 is 9.59 Å². The van der Waals surface area contributed by atoms with Crippen LogP contribution < -0.4 is 0 Å². The molecule has 0 amide bonds. The lowest BCUT2D eigenvalue weighted by Crippen LogP contribution is -2.07. The molecule has 5 rings (SSSR count). The van der Waals surface area contributed by atoms with Crippen LogP contribution in [0.5, 0.6) is 0 Å². The van der Waals surface area contributed by atoms with Crippen LogP contribution >= 0.6 is 0 Å². The molecule has 0 saturated heterocycles. The van der Waals surface area contributed by atoms with E-state index in [2.05, 4.69) is 35.8 Å². The number of carbonyl (C=O) groups excluding carboxylic acids is 2. The quantitative estimate of drug-likeness (QED) is 0.365. The minimum absolute atomic E-state index is 0.314. The molecule has 0 unspecified atom stereocenters. The number of hydrogen-bond acceptors (Lipinski definition) is 2. The first-order valence-corrected chi connectivity index (χ1v) is 12.1. The lowest BCUT2D eigenvalue weighted by Gasteiger charge is -2.16. The highest BCUT2D eigenvalue weighted by Crippen LogP contribution is 2.25. The van der Waals surface area contributed by atoms with Crippen LogP contribution in [0.15, 0.2) is 60.7 Å². The van der Waals surface area contributed by atoms with Gasteiger partial charge in [-0.05, 0) is 110 Å². The van der Waals surface area contributed by atoms with Gasteiger partial charge in [-0.25, -0.2) is 0 Å². The summed E-state index contributed by atoms with van der Waals surface area (Å²) in [5, 5.41) is 0. The van der Waals surface area contributed by atoms with Crippen molar-refractivity contribution in [2.45, 2.75) is 51.4 Å². The number of hydrogen-bond donors (Lipinski definition) is 0. The van der Waals surface area contributed by atoms with Gasteiger partial charge in [-0.3, -0.25) is 9.59 Å². The molecule has 2 aliphatic carbocycles. The first-order valence-electron chi connectivity index (χ1n) is 12.1. The number of carbonyl (C=O) groups is 2. The summed E-state index contributed by atoms with van der Waals surface area (Å²) < 4.78 is 0. The molecule has 2 nitrogen and oxygen atoms in total. The lowest BCUT2D eigenvalue weighted by atomic mass is 9.88. The van der Waals surface area contributed by atoms with Crippen molar-refractivity contribution in [1.82, 2.24) is 0 Å². The Bertz CT molecular complexity index is 1290. The Morgan fingerprint density at radius 1 is 0.529 bits per heavy atom. The minimum Gasteiger partial charge on any atom is -0.279 e. The van der Waals surface area contributed by atoms with Gasteiger partial charge in [0.05, 0.1) is 0 Å². The molecule has 0 fully saturated rings. The van der Waals surface area contributed by atoms with E-state index < -0.39 is 0 Å². The summed E-state index contributed by atoms with van der Waals surface area (Å²) in [4.78, 5) is 26.0. The Morgan fingerprint density at radius 3 is 1.44 bits per heavy atom. The first kappa shape index (κ1) is 21.9. The van der Waals surface area contributed by atoms with E-state index in [0.29, 0.717) is 11.1 Å². The Hall–Kier alpha value is -3.88. The topological polar surface area (TPSA) is 34.1 Å². The first-order chi connectivity index (χ1) is 16.7. The van der Waals surface area contributed by atoms with E-state index in [4.69, 9.17) is 0 Å². The molecule has 0 aromatic heterocycles. The normalized spacial score (nSPS) is 13.9. The molecule has 3 aromatic carbocycles. The fraction of sp³-hybridized carbons (Fsp3) is 0.250. The summed E-state index contributed by atoms with van der Waals surface area (Å²) in [5.41, 5.74) is 7.65. The molecular weight excluding hydrogens is 416 g/mol. The summed E-state index contributed by atoms with van der Waals surface area (Å²) in [6, 6.07) is 19.1. The number of Topliss-reactive ketones (excluding diaryl/α,β-unsaturated/α-hetero) is 2. The van der Waals surface area contributed by atoms with Gasteiger partial charge in [0, 0.05) is 22.3 Å². The highest BCUT2D eigenvalue weighted by atomic mass is 16.1. The van der Waals surface area contributed by atoms with Crippen LogP contribution in [0, 0.1) is 23.7 Å². The third-order valence-corrected chi connectivity index (χ3v) is 6.83. The fourth-order valence-electron chi connectivity index (χ4n) is 5.06. The van der Waals surface area contributed by atoms with Crippen molar-refractivity contribution in [2.75, 3.05) is 0 Å². The van der Waals surface area contributed by atoms with Crippen LogP contribution in [0.25, 0.3) is 0 Å². The highest BCUT2D eigenvalue weighted by Gasteiger charge is 2.16. The van der Waals surface area contributed by atoms with Crippen LogP contribution in [0.2, 0.25) is 0 Å². The van der Waals surface area contributed by atoms with E-state index in [-0.39, 0.29) is 11.6 Å². The largest absolute Gasteiger partial charge is 0.279 e. The van der Waals surface area contributed by atoms with Crippen LogP contribution in [0.3, 0.4) is 0 Å². The summed E-state index contributed by atoms with van der Waals surface area (Å²) in [5.74, 6) is 11.0. The molecule has 0 aliphatic heterocycles. The van der Waals surface area contributed by atoms with Gasteiger partial charge in [0.15, 0.2) is 0 Å². The number of ketones is 2. The molecule has 3 aromatic rings. The summed E-state index contributed by atoms with van der Waals surface area (Å²) >= 11 is 0. The van der Waals surface area contributed by atoms with Gasteiger partial charge in [0.1, 0.15) is 0 Å². The summed E-state index contributed by atoms with van der Waals surface area (Å²) in [7, 11) is 0. The fourth-order valence-corrected chi connectivity index (χ4v) is 5.06. The van der Waals surface area contributed by atoms with E-state index in [9.17, 15) is 9.59 Å². The molecule has 0 heterocycles. The molecule has 0 bridgehead atoms. The van der Waals surface area contributed by atoms with Crippen LogP contribution in [-0.4, -0.2) is 11.6 Å². The summed E-state index contributed by atoms with van der Waals surface area (Å²) in [6.45, 7) is 0. The number of aryl methyl sites for hydroxylation is 2. The van der Waals surface area contributed by atoms with Gasteiger partial charge in [-0.1, -0.05) is 48.2 Å². The third kappa shape index (κ3) is 4.59. The summed E-state index contributed by atoms with van der Waals surface area (Å²) in [6.07, 6.45) is 8.85. The second kappa shape index (κ2) is 9.94. The zero-order valence-corrected chi connectivity index (χ0v) is 19.2. The van der Waals surface area contributed by atoms with Crippen molar-refractivity contribution in [1.29, 1.82) is 0 Å². The zero-order valence-electron chi connectivity index (χ0n) is 19.2. The molecule has 166 valence electrons. The van der Waals surface area contributed by atoms with Gasteiger partial charge in [0.2, 0.25) is 11.6 Å². The van der Waals surface area contributed by atoms with E-state index in [1.807, 2.05) is 24.3 Å². The van der Waals surface area contributed by atoms with Crippen molar-refractivity contribution in [2.24, 2.45) is 0 Å². The second-order valence-electron chi connectivity index (χ2n) is 9.00. The Kier molecular flexibility index (Phi) is 6.42. The van der Waals surface area contributed by atoms with Crippen LogP contribution in [0.1, 0.15) is 79.8 Å². The molecule has 0 N–H and O–H groups in total. The lowest BCUT2D eigenvalue weighted by molar-refractivity contribution is 0.102. The predicted molar refractivity (Wildman–Crippen MR) is 135 cm³/mol. The van der Waals surface area contributed by atoms with E-state index >= 15 is 0 Å². The molecule has 0 atom stereocenters. The van der Waals surface area contributed by atoms with Gasteiger partial charge in [-0.15, -0.1) is 0 Å². The van der Waals surface area contributed by atoms with Crippen LogP contribution in [-0.2, 0) is 25.7 Å². The molecule has 34 heavy (non-hydrogen) atoms. The Balaban J connectivity index is 1.42. The Labute approximate surface area is 201 Å². The smallest absolute Gasteiger partial charge is 0.237 e. The maximum Gasteiger partial charge on any atom is 0.237 e. The molecule has 2 heteroatoms. The van der Waals surface area contributed by atoms with Gasteiger partial charge >= 0.3 is 0 Å². The zero-order chi connectivity index (χ0) is 23.3. The van der Waals surface area contributed by atoms with Crippen molar-refractivity contribution in [3.05, 3.63) is 105 Å². The molecule has 2 aliphatic rings. The molecule has 0 spiro atoms. The van der Waals surface area contributed by atoms with Crippen molar-refractivity contribution >= 4 is 11.6 Å².